The molecule has 0 unspecified atom stereocenters. The van der Waals surface area contributed by atoms with E-state index in [9.17, 15) is 4.79 Å². The second kappa shape index (κ2) is 6.42. The summed E-state index contributed by atoms with van der Waals surface area (Å²) in [6, 6.07) is 10.6. The highest BCUT2D eigenvalue weighted by atomic mass is 79.9. The number of ether oxygens (including phenoxy) is 1. The molecule has 0 radical (unpaired) electrons. The van der Waals surface area contributed by atoms with Crippen molar-refractivity contribution in [2.24, 2.45) is 0 Å². The Bertz CT molecular complexity index is 612. The minimum absolute atomic E-state index is 0.0160. The molecule has 0 saturated heterocycles. The molecule has 0 aliphatic rings. The molecule has 0 bridgehead atoms. The third-order valence-corrected chi connectivity index (χ3v) is 4.45. The van der Waals surface area contributed by atoms with Crippen LogP contribution in [0.1, 0.15) is 21.5 Å². The summed E-state index contributed by atoms with van der Waals surface area (Å²) < 4.78 is 6.63. The standard InChI is InChI=1S/C16H14BrClO2/c1-10-7-14(8-11(2)16(10)17)20-9-15(19)12-3-5-13(18)6-4-12/h3-8H,9H2,1-2H3. The maximum atomic E-state index is 12.0. The lowest BCUT2D eigenvalue weighted by molar-refractivity contribution is 0.0921. The molecule has 2 aromatic carbocycles. The Labute approximate surface area is 131 Å². The second-order valence-corrected chi connectivity index (χ2v) is 5.82. The molecule has 20 heavy (non-hydrogen) atoms. The van der Waals surface area contributed by atoms with E-state index in [1.807, 2.05) is 26.0 Å². The van der Waals surface area contributed by atoms with E-state index in [0.717, 1.165) is 15.6 Å². The van der Waals surface area contributed by atoms with E-state index in [2.05, 4.69) is 15.9 Å². The maximum absolute atomic E-state index is 12.0. The molecule has 0 aliphatic heterocycles. The monoisotopic (exact) mass is 352 g/mol. The number of rotatable bonds is 4. The molecule has 0 amide bonds. The molecule has 0 spiro atoms. The maximum Gasteiger partial charge on any atom is 0.200 e. The number of halogens is 2. The zero-order chi connectivity index (χ0) is 14.7. The van der Waals surface area contributed by atoms with Gasteiger partial charge in [-0.05, 0) is 61.4 Å². The lowest BCUT2D eigenvalue weighted by atomic mass is 10.1. The highest BCUT2D eigenvalue weighted by Gasteiger charge is 2.08. The third-order valence-electron chi connectivity index (χ3n) is 2.95. The van der Waals surface area contributed by atoms with E-state index >= 15 is 0 Å². The van der Waals surface area contributed by atoms with Gasteiger partial charge in [-0.25, -0.2) is 0 Å². The van der Waals surface area contributed by atoms with Gasteiger partial charge in [0.25, 0.3) is 0 Å². The quantitative estimate of drug-likeness (QED) is 0.725. The smallest absolute Gasteiger partial charge is 0.200 e. The fraction of sp³-hybridized carbons (Fsp3) is 0.188. The molecule has 0 N–H and O–H groups in total. The third kappa shape index (κ3) is 3.62. The summed E-state index contributed by atoms with van der Waals surface area (Å²) >= 11 is 9.29. The first kappa shape index (κ1) is 15.1. The van der Waals surface area contributed by atoms with Crippen molar-refractivity contribution in [2.75, 3.05) is 6.61 Å². The van der Waals surface area contributed by atoms with Crippen LogP contribution >= 0.6 is 27.5 Å². The van der Waals surface area contributed by atoms with Crippen LogP contribution in [0.3, 0.4) is 0 Å². The zero-order valence-corrected chi connectivity index (χ0v) is 13.6. The van der Waals surface area contributed by atoms with Gasteiger partial charge in [0, 0.05) is 15.1 Å². The van der Waals surface area contributed by atoms with E-state index in [-0.39, 0.29) is 12.4 Å². The molecule has 2 nitrogen and oxygen atoms in total. The number of ketones is 1. The normalized spacial score (nSPS) is 10.4. The summed E-state index contributed by atoms with van der Waals surface area (Å²) in [6.45, 7) is 4.00. The van der Waals surface area contributed by atoms with E-state index in [1.165, 1.54) is 0 Å². The highest BCUT2D eigenvalue weighted by Crippen LogP contribution is 2.26. The van der Waals surface area contributed by atoms with E-state index in [0.29, 0.717) is 16.3 Å². The van der Waals surface area contributed by atoms with Gasteiger partial charge >= 0.3 is 0 Å². The minimum Gasteiger partial charge on any atom is -0.485 e. The van der Waals surface area contributed by atoms with Gasteiger partial charge < -0.3 is 4.74 Å². The number of carbonyl (C=O) groups is 1. The van der Waals surface area contributed by atoms with E-state index in [1.54, 1.807) is 24.3 Å². The molecule has 2 rings (SSSR count). The van der Waals surface area contributed by atoms with Crippen molar-refractivity contribution >= 4 is 33.3 Å². The molecule has 104 valence electrons. The Morgan fingerprint density at radius 2 is 1.70 bits per heavy atom. The van der Waals surface area contributed by atoms with Gasteiger partial charge in [0.15, 0.2) is 12.4 Å². The Balaban J connectivity index is 2.05. The molecule has 0 heterocycles. The summed E-state index contributed by atoms with van der Waals surface area (Å²) in [5.74, 6) is 0.630. The van der Waals surface area contributed by atoms with Crippen molar-refractivity contribution in [3.8, 4) is 5.75 Å². The number of benzene rings is 2. The predicted octanol–water partition coefficient (Wildman–Crippen LogP) is 4.98. The average molecular weight is 354 g/mol. The molecular weight excluding hydrogens is 340 g/mol. The molecule has 0 saturated carbocycles. The summed E-state index contributed by atoms with van der Waals surface area (Å²) in [5.41, 5.74) is 2.76. The lowest BCUT2D eigenvalue weighted by Crippen LogP contribution is -2.11. The topological polar surface area (TPSA) is 26.3 Å². The summed E-state index contributed by atoms with van der Waals surface area (Å²) in [5, 5.41) is 0.613. The zero-order valence-electron chi connectivity index (χ0n) is 11.2. The van der Waals surface area contributed by atoms with Crippen LogP contribution in [-0.2, 0) is 0 Å². The molecule has 0 atom stereocenters. The Morgan fingerprint density at radius 3 is 2.25 bits per heavy atom. The van der Waals surface area contributed by atoms with Gasteiger partial charge in [-0.3, -0.25) is 4.79 Å². The van der Waals surface area contributed by atoms with Crippen LogP contribution in [0.4, 0.5) is 0 Å². The highest BCUT2D eigenvalue weighted by molar-refractivity contribution is 9.10. The fourth-order valence-corrected chi connectivity index (χ4v) is 2.21. The summed E-state index contributed by atoms with van der Waals surface area (Å²) in [7, 11) is 0. The van der Waals surface area contributed by atoms with E-state index in [4.69, 9.17) is 16.3 Å². The fourth-order valence-electron chi connectivity index (χ4n) is 1.86. The van der Waals surface area contributed by atoms with Crippen LogP contribution in [0.2, 0.25) is 5.02 Å². The van der Waals surface area contributed by atoms with Crippen LogP contribution < -0.4 is 4.74 Å². The van der Waals surface area contributed by atoms with Crippen molar-refractivity contribution in [1.82, 2.24) is 0 Å². The molecule has 4 heteroatoms. The number of carbonyl (C=O) groups excluding carboxylic acids is 1. The Morgan fingerprint density at radius 1 is 1.15 bits per heavy atom. The number of hydrogen-bond donors (Lipinski definition) is 0. The number of Topliss-reactive ketones (excluding diaryl/α,β-unsaturated/α-hetero) is 1. The van der Waals surface area contributed by atoms with Gasteiger partial charge in [-0.2, -0.15) is 0 Å². The average Bonchev–Trinajstić information content (AvgIpc) is 2.42. The van der Waals surface area contributed by atoms with Gasteiger partial charge in [-0.1, -0.05) is 27.5 Å². The first-order valence-electron chi connectivity index (χ1n) is 6.15. The van der Waals surface area contributed by atoms with Crippen LogP contribution in [0, 0.1) is 13.8 Å². The first-order valence-corrected chi connectivity index (χ1v) is 7.33. The minimum atomic E-state index is -0.0695. The molecular formula is C16H14BrClO2. The Hall–Kier alpha value is -1.32. The molecule has 0 fully saturated rings. The van der Waals surface area contributed by atoms with Crippen molar-refractivity contribution < 1.29 is 9.53 Å². The summed E-state index contributed by atoms with van der Waals surface area (Å²) in [6.07, 6.45) is 0. The van der Waals surface area contributed by atoms with Crippen molar-refractivity contribution in [3.05, 3.63) is 62.6 Å². The van der Waals surface area contributed by atoms with Crippen molar-refractivity contribution in [1.29, 1.82) is 0 Å². The van der Waals surface area contributed by atoms with Crippen LogP contribution in [0.25, 0.3) is 0 Å². The summed E-state index contributed by atoms with van der Waals surface area (Å²) in [4.78, 5) is 12.0. The van der Waals surface area contributed by atoms with Crippen LogP contribution in [-0.4, -0.2) is 12.4 Å². The number of aryl methyl sites for hydroxylation is 2. The molecule has 2 aromatic rings. The van der Waals surface area contributed by atoms with Gasteiger partial charge in [0.05, 0.1) is 0 Å². The number of hydrogen-bond acceptors (Lipinski definition) is 2. The van der Waals surface area contributed by atoms with Gasteiger partial charge in [0.2, 0.25) is 0 Å². The molecule has 0 aromatic heterocycles. The van der Waals surface area contributed by atoms with Crippen LogP contribution in [0.5, 0.6) is 5.75 Å². The lowest BCUT2D eigenvalue weighted by Gasteiger charge is -2.09. The van der Waals surface area contributed by atoms with Crippen molar-refractivity contribution in [3.63, 3.8) is 0 Å². The first-order chi connectivity index (χ1) is 9.47. The largest absolute Gasteiger partial charge is 0.485 e. The van der Waals surface area contributed by atoms with Gasteiger partial charge in [0.1, 0.15) is 5.75 Å². The second-order valence-electron chi connectivity index (χ2n) is 4.59. The Kier molecular flexibility index (Phi) is 4.84. The van der Waals surface area contributed by atoms with E-state index < -0.39 is 0 Å². The van der Waals surface area contributed by atoms with Gasteiger partial charge in [-0.15, -0.1) is 0 Å². The van der Waals surface area contributed by atoms with Crippen molar-refractivity contribution in [2.45, 2.75) is 13.8 Å². The SMILES string of the molecule is Cc1cc(OCC(=O)c2ccc(Cl)cc2)cc(C)c1Br. The van der Waals surface area contributed by atoms with Crippen LogP contribution in [0.15, 0.2) is 40.9 Å². The predicted molar refractivity (Wildman–Crippen MR) is 84.9 cm³/mol. The molecule has 0 aliphatic carbocycles.